The molecule has 2 N–H and O–H groups in total. The quantitative estimate of drug-likeness (QED) is 0.388. The summed E-state index contributed by atoms with van der Waals surface area (Å²) in [7, 11) is 0. The molecule has 3 aromatic rings. The summed E-state index contributed by atoms with van der Waals surface area (Å²) in [6.07, 6.45) is 8.55. The maximum absolute atomic E-state index is 13.4. The number of hydrogen-bond donors (Lipinski definition) is 2. The van der Waals surface area contributed by atoms with Crippen LogP contribution in [0.5, 0.6) is 5.75 Å². The highest BCUT2D eigenvalue weighted by atomic mass is 16.5. The van der Waals surface area contributed by atoms with Crippen molar-refractivity contribution in [3.05, 3.63) is 76.0 Å². The molecule has 2 amide bonds. The number of carbonyl (C=O) groups excluding carboxylic acids is 2. The number of terminal acetylenes is 1. The van der Waals surface area contributed by atoms with Gasteiger partial charge < -0.3 is 15.4 Å². The van der Waals surface area contributed by atoms with E-state index in [1.807, 2.05) is 32.9 Å². The highest BCUT2D eigenvalue weighted by Gasteiger charge is 2.26. The van der Waals surface area contributed by atoms with Gasteiger partial charge in [0.15, 0.2) is 6.10 Å². The largest absolute Gasteiger partial charge is 0.482 e. The van der Waals surface area contributed by atoms with Gasteiger partial charge in [0.25, 0.3) is 11.8 Å². The number of benzene rings is 1. The number of carbonyl (C=O) groups is 2. The third-order valence-corrected chi connectivity index (χ3v) is 6.69. The predicted molar refractivity (Wildman–Crippen MR) is 159 cm³/mol. The summed E-state index contributed by atoms with van der Waals surface area (Å²) in [5.41, 5.74) is 4.39. The number of nitrogens with one attached hydrogen (secondary N) is 2. The Labute approximate surface area is 240 Å². The van der Waals surface area contributed by atoms with Crippen LogP contribution in [0.4, 0.5) is 5.82 Å². The van der Waals surface area contributed by atoms with E-state index < -0.39 is 6.10 Å². The Morgan fingerprint density at radius 3 is 2.59 bits per heavy atom. The van der Waals surface area contributed by atoms with E-state index >= 15 is 0 Å². The minimum absolute atomic E-state index is 0.250. The fraction of sp³-hybridized carbons (Fsp3) is 0.355. The van der Waals surface area contributed by atoms with Gasteiger partial charge in [-0.3, -0.25) is 24.5 Å². The monoisotopic (exact) mass is 553 g/mol. The van der Waals surface area contributed by atoms with Gasteiger partial charge >= 0.3 is 0 Å². The zero-order chi connectivity index (χ0) is 29.5. The number of aliphatic imine (C=N–C) groups is 1. The average molecular weight is 554 g/mol. The maximum atomic E-state index is 13.4. The van der Waals surface area contributed by atoms with Crippen LogP contribution in [-0.4, -0.2) is 70.1 Å². The molecule has 0 aliphatic carbocycles. The van der Waals surface area contributed by atoms with E-state index in [0.29, 0.717) is 60.4 Å². The Balaban J connectivity index is 1.69. The molecule has 41 heavy (non-hydrogen) atoms. The lowest BCUT2D eigenvalue weighted by Gasteiger charge is -2.30. The molecule has 1 aliphatic heterocycles. The van der Waals surface area contributed by atoms with E-state index in [-0.39, 0.29) is 17.4 Å². The molecule has 0 unspecified atom stereocenters. The Hall–Kier alpha value is -4.62. The molecule has 10 nitrogen and oxygen atoms in total. The normalized spacial score (nSPS) is 14.0. The first-order chi connectivity index (χ1) is 19.7. The van der Waals surface area contributed by atoms with Crippen molar-refractivity contribution in [3.63, 3.8) is 0 Å². The van der Waals surface area contributed by atoms with E-state index in [2.05, 4.69) is 41.4 Å². The lowest BCUT2D eigenvalue weighted by molar-refractivity contribution is 0.0941. The SMILES string of the molecule is C#CC1=NCCN(C[C@@H](Oc2cc(C)c(C(=O)Nc3nc(C)ncc3C)cc2C(=O)NCC)c2ccc(C)cn2)C1. The van der Waals surface area contributed by atoms with Gasteiger partial charge in [0, 0.05) is 49.7 Å². The fourth-order valence-corrected chi connectivity index (χ4v) is 4.45. The fourth-order valence-electron chi connectivity index (χ4n) is 4.45. The number of rotatable bonds is 9. The number of pyridine rings is 1. The van der Waals surface area contributed by atoms with Gasteiger partial charge in [-0.25, -0.2) is 9.97 Å². The molecule has 1 atom stereocenters. The van der Waals surface area contributed by atoms with E-state index in [1.54, 1.807) is 38.4 Å². The number of ether oxygens (including phenoxy) is 1. The summed E-state index contributed by atoms with van der Waals surface area (Å²) >= 11 is 0. The zero-order valence-electron chi connectivity index (χ0n) is 24.1. The second-order valence-corrected chi connectivity index (χ2v) is 10.0. The molecule has 2 aromatic heterocycles. The summed E-state index contributed by atoms with van der Waals surface area (Å²) in [6.45, 7) is 11.9. The molecule has 4 rings (SSSR count). The smallest absolute Gasteiger partial charge is 0.257 e. The standard InChI is InChI=1S/C31H35N7O3/c1-7-23-17-38(12-11-33-23)18-28(26-10-9-19(3)15-35-26)41-27-13-20(4)24(14-25(27)30(39)32-8-2)31(40)37-29-21(5)16-34-22(6)36-29/h1,9-10,13-16,28H,8,11-12,17-18H2,2-6H3,(H,32,39)(H,34,36,37,40)/t28-/m1/s1. The van der Waals surface area contributed by atoms with Gasteiger partial charge in [-0.15, -0.1) is 6.42 Å². The second kappa shape index (κ2) is 13.2. The topological polar surface area (TPSA) is 122 Å². The molecule has 0 spiro atoms. The molecular weight excluding hydrogens is 518 g/mol. The third-order valence-electron chi connectivity index (χ3n) is 6.69. The minimum atomic E-state index is -0.508. The zero-order valence-corrected chi connectivity index (χ0v) is 24.1. The molecule has 0 bridgehead atoms. The van der Waals surface area contributed by atoms with Crippen LogP contribution in [-0.2, 0) is 0 Å². The molecule has 0 saturated carbocycles. The van der Waals surface area contributed by atoms with Crippen LogP contribution in [0.2, 0.25) is 0 Å². The minimum Gasteiger partial charge on any atom is -0.482 e. The van der Waals surface area contributed by atoms with Crippen LogP contribution in [0.25, 0.3) is 0 Å². The first kappa shape index (κ1) is 29.4. The van der Waals surface area contributed by atoms with Crippen LogP contribution in [0.3, 0.4) is 0 Å². The van der Waals surface area contributed by atoms with Crippen LogP contribution >= 0.6 is 0 Å². The van der Waals surface area contributed by atoms with Gasteiger partial charge in [-0.1, -0.05) is 12.0 Å². The first-order valence-electron chi connectivity index (χ1n) is 13.5. The molecule has 0 saturated heterocycles. The molecule has 1 aromatic carbocycles. The number of nitrogens with zero attached hydrogens (tertiary/aromatic N) is 5. The molecule has 0 radical (unpaired) electrons. The van der Waals surface area contributed by atoms with Crippen molar-refractivity contribution in [2.75, 3.05) is 38.0 Å². The Morgan fingerprint density at radius 2 is 1.88 bits per heavy atom. The molecule has 10 heteroatoms. The van der Waals surface area contributed by atoms with Gasteiger partial charge in [-0.2, -0.15) is 0 Å². The van der Waals surface area contributed by atoms with Crippen LogP contribution < -0.4 is 15.4 Å². The summed E-state index contributed by atoms with van der Waals surface area (Å²) < 4.78 is 6.57. The molecule has 0 fully saturated rings. The Kier molecular flexibility index (Phi) is 9.42. The number of aromatic nitrogens is 3. The number of amides is 2. The van der Waals surface area contributed by atoms with Crippen molar-refractivity contribution in [1.82, 2.24) is 25.2 Å². The van der Waals surface area contributed by atoms with Crippen LogP contribution in [0.15, 0.2) is 41.7 Å². The van der Waals surface area contributed by atoms with Crippen molar-refractivity contribution in [2.45, 2.75) is 40.7 Å². The van der Waals surface area contributed by atoms with Crippen LogP contribution in [0.1, 0.15) is 62.0 Å². The summed E-state index contributed by atoms with van der Waals surface area (Å²) in [6, 6.07) is 7.19. The summed E-state index contributed by atoms with van der Waals surface area (Å²) in [5, 5.41) is 5.69. The first-order valence-corrected chi connectivity index (χ1v) is 13.5. The van der Waals surface area contributed by atoms with Gasteiger partial charge in [0.05, 0.1) is 23.5 Å². The maximum Gasteiger partial charge on any atom is 0.257 e. The van der Waals surface area contributed by atoms with Crippen molar-refractivity contribution in [2.24, 2.45) is 4.99 Å². The number of aryl methyl sites for hydroxylation is 4. The highest BCUT2D eigenvalue weighted by Crippen LogP contribution is 2.30. The van der Waals surface area contributed by atoms with Gasteiger partial charge in [-0.05, 0) is 63.9 Å². The number of anilines is 1. The Bertz CT molecular complexity index is 1510. The third kappa shape index (κ3) is 7.32. The number of hydrogen-bond acceptors (Lipinski definition) is 8. The van der Waals surface area contributed by atoms with Gasteiger partial charge in [0.2, 0.25) is 0 Å². The lowest BCUT2D eigenvalue weighted by atomic mass is 10.0. The molecule has 212 valence electrons. The lowest BCUT2D eigenvalue weighted by Crippen LogP contribution is -2.40. The predicted octanol–water partition coefficient (Wildman–Crippen LogP) is 3.62. The van der Waals surface area contributed by atoms with Crippen LogP contribution in [0, 0.1) is 40.0 Å². The molecule has 1 aliphatic rings. The van der Waals surface area contributed by atoms with Crippen molar-refractivity contribution in [1.29, 1.82) is 0 Å². The van der Waals surface area contributed by atoms with Crippen molar-refractivity contribution >= 4 is 23.3 Å². The summed E-state index contributed by atoms with van der Waals surface area (Å²) in [4.78, 5) is 46.3. The molecular formula is C31H35N7O3. The van der Waals surface area contributed by atoms with E-state index in [9.17, 15) is 9.59 Å². The van der Waals surface area contributed by atoms with E-state index in [0.717, 1.165) is 23.4 Å². The molecule has 3 heterocycles. The van der Waals surface area contributed by atoms with Crippen molar-refractivity contribution in [3.8, 4) is 18.1 Å². The Morgan fingerprint density at radius 1 is 1.07 bits per heavy atom. The highest BCUT2D eigenvalue weighted by molar-refractivity contribution is 6.07. The van der Waals surface area contributed by atoms with Gasteiger partial charge in [0.1, 0.15) is 17.4 Å². The van der Waals surface area contributed by atoms with Crippen molar-refractivity contribution < 1.29 is 14.3 Å². The second-order valence-electron chi connectivity index (χ2n) is 10.0. The summed E-state index contributed by atoms with van der Waals surface area (Å²) in [5.74, 6) is 3.23. The van der Waals surface area contributed by atoms with E-state index in [1.165, 1.54) is 0 Å². The average Bonchev–Trinajstić information content (AvgIpc) is 2.95. The van der Waals surface area contributed by atoms with E-state index in [4.69, 9.17) is 11.2 Å².